The first kappa shape index (κ1) is 13.5. The van der Waals surface area contributed by atoms with Gasteiger partial charge < -0.3 is 20.1 Å². The van der Waals surface area contributed by atoms with Gasteiger partial charge in [-0.3, -0.25) is 0 Å². The first-order valence-corrected chi connectivity index (χ1v) is 7.85. The second-order valence-electron chi connectivity index (χ2n) is 5.92. The number of aromatic hydroxyl groups is 1. The molecule has 0 aliphatic carbocycles. The Labute approximate surface area is 130 Å². The van der Waals surface area contributed by atoms with E-state index in [1.165, 1.54) is 5.69 Å². The van der Waals surface area contributed by atoms with Gasteiger partial charge in [0, 0.05) is 32.1 Å². The van der Waals surface area contributed by atoms with E-state index in [9.17, 15) is 5.11 Å². The minimum absolute atomic E-state index is 0.295. The lowest BCUT2D eigenvalue weighted by molar-refractivity contribution is 0.304. The number of piperazine rings is 1. The quantitative estimate of drug-likeness (QED) is 0.849. The molecule has 4 rings (SSSR count). The molecule has 1 atom stereocenters. The van der Waals surface area contributed by atoms with E-state index in [-0.39, 0.29) is 0 Å². The Balaban J connectivity index is 1.75. The Morgan fingerprint density at radius 2 is 1.91 bits per heavy atom. The molecule has 0 unspecified atom stereocenters. The molecule has 0 amide bonds. The maximum Gasteiger partial charge on any atom is 0.142 e. The molecule has 0 radical (unpaired) electrons. The van der Waals surface area contributed by atoms with E-state index in [0.29, 0.717) is 11.8 Å². The maximum atomic E-state index is 9.45. The smallest absolute Gasteiger partial charge is 0.142 e. The fourth-order valence-electron chi connectivity index (χ4n) is 3.34. The zero-order valence-electron chi connectivity index (χ0n) is 12.5. The van der Waals surface area contributed by atoms with E-state index in [0.717, 1.165) is 49.5 Å². The van der Waals surface area contributed by atoms with Crippen LogP contribution in [-0.4, -0.2) is 37.4 Å². The van der Waals surface area contributed by atoms with Crippen LogP contribution >= 0.6 is 0 Å². The summed E-state index contributed by atoms with van der Waals surface area (Å²) in [5.74, 6) is 1.27. The van der Waals surface area contributed by atoms with E-state index in [1.54, 1.807) is 12.1 Å². The molecule has 2 aromatic carbocycles. The molecule has 0 aromatic heterocycles. The normalized spacial score (nSPS) is 20.5. The van der Waals surface area contributed by atoms with Crippen molar-refractivity contribution in [2.75, 3.05) is 31.1 Å². The molecule has 0 spiro atoms. The highest BCUT2D eigenvalue weighted by Crippen LogP contribution is 2.37. The van der Waals surface area contributed by atoms with Crippen LogP contribution in [-0.2, 0) is 0 Å². The zero-order chi connectivity index (χ0) is 14.9. The zero-order valence-corrected chi connectivity index (χ0v) is 12.5. The lowest BCUT2D eigenvalue weighted by Gasteiger charge is -2.36. The molecule has 2 N–H and O–H groups in total. The van der Waals surface area contributed by atoms with Gasteiger partial charge in [0.25, 0.3) is 0 Å². The number of nitrogens with one attached hydrogen (secondary N) is 1. The van der Waals surface area contributed by atoms with Crippen molar-refractivity contribution in [2.45, 2.75) is 12.5 Å². The molecule has 22 heavy (non-hydrogen) atoms. The van der Waals surface area contributed by atoms with Gasteiger partial charge in [-0.1, -0.05) is 18.2 Å². The van der Waals surface area contributed by atoms with Gasteiger partial charge in [0.1, 0.15) is 11.5 Å². The number of phenols is 1. The van der Waals surface area contributed by atoms with Crippen molar-refractivity contribution < 1.29 is 9.84 Å². The monoisotopic (exact) mass is 296 g/mol. The summed E-state index contributed by atoms with van der Waals surface area (Å²) < 4.78 is 5.94. The molecule has 2 aliphatic rings. The molecular weight excluding hydrogens is 276 g/mol. The van der Waals surface area contributed by atoms with Crippen molar-refractivity contribution in [2.24, 2.45) is 0 Å². The van der Waals surface area contributed by atoms with Crippen LogP contribution in [0, 0.1) is 0 Å². The van der Waals surface area contributed by atoms with Gasteiger partial charge >= 0.3 is 0 Å². The molecule has 4 heteroatoms. The average molecular weight is 296 g/mol. The molecule has 0 bridgehead atoms. The predicted molar refractivity (Wildman–Crippen MR) is 87.7 cm³/mol. The van der Waals surface area contributed by atoms with Gasteiger partial charge in [0.2, 0.25) is 0 Å². The molecule has 4 nitrogen and oxygen atoms in total. The lowest BCUT2D eigenvalue weighted by atomic mass is 10.0. The van der Waals surface area contributed by atoms with E-state index >= 15 is 0 Å². The number of anilines is 1. The summed E-state index contributed by atoms with van der Waals surface area (Å²) in [5.41, 5.74) is 3.45. The van der Waals surface area contributed by atoms with Crippen LogP contribution < -0.4 is 15.0 Å². The third-order valence-electron chi connectivity index (χ3n) is 4.53. The summed E-state index contributed by atoms with van der Waals surface area (Å²) in [4.78, 5) is 2.47. The molecule has 2 heterocycles. The molecular formula is C18H20N2O2. The number of fused-ring (bicyclic) bond motifs is 3. The van der Waals surface area contributed by atoms with Gasteiger partial charge in [0.15, 0.2) is 0 Å². The van der Waals surface area contributed by atoms with Crippen molar-refractivity contribution in [1.29, 1.82) is 0 Å². The Bertz CT molecular complexity index is 669. The number of hydrogen-bond acceptors (Lipinski definition) is 4. The third kappa shape index (κ3) is 2.40. The second kappa shape index (κ2) is 5.54. The minimum Gasteiger partial charge on any atom is -0.508 e. The molecule has 0 saturated carbocycles. The number of hydrogen-bond donors (Lipinski definition) is 2. The van der Waals surface area contributed by atoms with Crippen LogP contribution in [0.15, 0.2) is 42.5 Å². The van der Waals surface area contributed by atoms with E-state index in [2.05, 4.69) is 28.4 Å². The van der Waals surface area contributed by atoms with Crippen LogP contribution in [0.1, 0.15) is 6.42 Å². The SMILES string of the molecule is Oc1ccc(-c2ccc3c(c2)N2CCNC[C@@H]2CCO3)cc1. The van der Waals surface area contributed by atoms with E-state index < -0.39 is 0 Å². The Morgan fingerprint density at radius 3 is 2.77 bits per heavy atom. The Morgan fingerprint density at radius 1 is 1.09 bits per heavy atom. The number of benzene rings is 2. The van der Waals surface area contributed by atoms with Crippen LogP contribution in [0.2, 0.25) is 0 Å². The third-order valence-corrected chi connectivity index (χ3v) is 4.53. The summed E-state index contributed by atoms with van der Waals surface area (Å²) in [5, 5.41) is 12.9. The first-order valence-electron chi connectivity index (χ1n) is 7.85. The highest BCUT2D eigenvalue weighted by Gasteiger charge is 2.27. The highest BCUT2D eigenvalue weighted by molar-refractivity contribution is 5.73. The Hall–Kier alpha value is -2.20. The number of phenolic OH excluding ortho intramolecular Hbond substituents is 1. The summed E-state index contributed by atoms with van der Waals surface area (Å²) >= 11 is 0. The number of ether oxygens (including phenoxy) is 1. The van der Waals surface area contributed by atoms with Crippen molar-refractivity contribution in [3.05, 3.63) is 42.5 Å². The van der Waals surface area contributed by atoms with Crippen LogP contribution in [0.3, 0.4) is 0 Å². The van der Waals surface area contributed by atoms with Crippen molar-refractivity contribution in [1.82, 2.24) is 5.32 Å². The molecule has 2 aromatic rings. The first-order chi connectivity index (χ1) is 10.8. The van der Waals surface area contributed by atoms with Gasteiger partial charge in [-0.15, -0.1) is 0 Å². The molecule has 114 valence electrons. The maximum absolute atomic E-state index is 9.45. The van der Waals surface area contributed by atoms with E-state index in [4.69, 9.17) is 4.74 Å². The van der Waals surface area contributed by atoms with Crippen molar-refractivity contribution in [3.63, 3.8) is 0 Å². The van der Waals surface area contributed by atoms with Crippen LogP contribution in [0.25, 0.3) is 11.1 Å². The largest absolute Gasteiger partial charge is 0.508 e. The van der Waals surface area contributed by atoms with Gasteiger partial charge in [-0.2, -0.15) is 0 Å². The van der Waals surface area contributed by atoms with Crippen LogP contribution in [0.4, 0.5) is 5.69 Å². The highest BCUT2D eigenvalue weighted by atomic mass is 16.5. The van der Waals surface area contributed by atoms with Crippen molar-refractivity contribution in [3.8, 4) is 22.6 Å². The Kier molecular flexibility index (Phi) is 3.39. The standard InChI is InChI=1S/C18H20N2O2/c21-16-4-1-13(2-5-16)14-3-6-18-17(11-14)20-9-8-19-12-15(20)7-10-22-18/h1-6,11,15,19,21H,7-10,12H2/t15-/m0/s1. The van der Waals surface area contributed by atoms with E-state index in [1.807, 2.05) is 12.1 Å². The predicted octanol–water partition coefficient (Wildman–Crippen LogP) is 2.62. The van der Waals surface area contributed by atoms with Gasteiger partial charge in [-0.05, 0) is 35.4 Å². The summed E-state index contributed by atoms with van der Waals surface area (Å²) in [6, 6.07) is 14.2. The number of nitrogens with zero attached hydrogens (tertiary/aromatic N) is 1. The molecule has 1 fully saturated rings. The second-order valence-corrected chi connectivity index (χ2v) is 5.92. The molecule has 2 aliphatic heterocycles. The summed E-state index contributed by atoms with van der Waals surface area (Å²) in [6.45, 7) is 3.82. The fourth-order valence-corrected chi connectivity index (χ4v) is 3.34. The number of rotatable bonds is 1. The summed E-state index contributed by atoms with van der Waals surface area (Å²) in [7, 11) is 0. The van der Waals surface area contributed by atoms with Gasteiger partial charge in [-0.25, -0.2) is 0 Å². The van der Waals surface area contributed by atoms with Crippen LogP contribution in [0.5, 0.6) is 11.5 Å². The average Bonchev–Trinajstić information content (AvgIpc) is 2.74. The summed E-state index contributed by atoms with van der Waals surface area (Å²) in [6.07, 6.45) is 1.05. The lowest BCUT2D eigenvalue weighted by Crippen LogP contribution is -2.51. The molecule has 1 saturated heterocycles. The van der Waals surface area contributed by atoms with Gasteiger partial charge in [0.05, 0.1) is 12.3 Å². The minimum atomic E-state index is 0.295. The topological polar surface area (TPSA) is 44.7 Å². The van der Waals surface area contributed by atoms with Crippen molar-refractivity contribution >= 4 is 5.69 Å². The fraction of sp³-hybridized carbons (Fsp3) is 0.333.